The van der Waals surface area contributed by atoms with Crippen LogP contribution in [-0.2, 0) is 44.7 Å². The van der Waals surface area contributed by atoms with E-state index in [0.29, 0.717) is 36.2 Å². The lowest BCUT2D eigenvalue weighted by molar-refractivity contribution is -0.136. The molecular formula is C55H66N8O7. The number of carbonyl (C=O) groups excluding carboxylic acids is 4. The second kappa shape index (κ2) is 19.0. The molecule has 3 fully saturated rings. The summed E-state index contributed by atoms with van der Waals surface area (Å²) >= 11 is 0. The number of aromatic nitrogens is 4. The highest BCUT2D eigenvalue weighted by Crippen LogP contribution is 2.54. The van der Waals surface area contributed by atoms with Crippen LogP contribution in [0.3, 0.4) is 0 Å². The summed E-state index contributed by atoms with van der Waals surface area (Å²) in [5.41, 5.74) is 13.0. The Kier molecular flexibility index (Phi) is 12.8. The smallest absolute Gasteiger partial charge is 0.407 e. The number of aromatic amines is 2. The van der Waals surface area contributed by atoms with Gasteiger partial charge in [-0.3, -0.25) is 14.4 Å². The Morgan fingerprint density at radius 1 is 0.671 bits per heavy atom. The van der Waals surface area contributed by atoms with Crippen LogP contribution in [-0.4, -0.2) is 93.1 Å². The average molecular weight is 951 g/mol. The summed E-state index contributed by atoms with van der Waals surface area (Å²) in [4.78, 5) is 86.2. The molecule has 15 heteroatoms. The maximum Gasteiger partial charge on any atom is 0.407 e. The van der Waals surface area contributed by atoms with Crippen molar-refractivity contribution in [3.05, 3.63) is 92.9 Å². The summed E-state index contributed by atoms with van der Waals surface area (Å²) in [7, 11) is 2.58. The topological polar surface area (TPSA) is 192 Å². The zero-order chi connectivity index (χ0) is 49.0. The number of ether oxygens (including phenoxy) is 2. The SMILES string of the molecule is COC(=O)NC(C(=O)N1CCCC1c1ncc(-c2ccc(-c3ccc(-c4ccc5nc(C6CCCN6C(=O)C(NC(=O)OC)C(C)C)[nH]c(=O)c5c4)c4c3CC3(CCCC3)C4)c3c2CCC3)[nH]1)C(C)C. The average Bonchev–Trinajstić information content (AvgIpc) is 4.23. The number of likely N-dealkylation sites (tertiary alicyclic amines) is 2. The Hall–Kier alpha value is -6.51. The van der Waals surface area contributed by atoms with Gasteiger partial charge in [0.1, 0.15) is 23.7 Å². The number of imidazole rings is 1. The molecule has 4 heterocycles. The van der Waals surface area contributed by atoms with E-state index in [1.807, 2.05) is 50.9 Å². The minimum atomic E-state index is -0.770. The molecule has 368 valence electrons. The van der Waals surface area contributed by atoms with E-state index in [1.165, 1.54) is 73.3 Å². The summed E-state index contributed by atoms with van der Waals surface area (Å²) in [5, 5.41) is 5.95. The van der Waals surface area contributed by atoms with Crippen molar-refractivity contribution in [2.45, 2.75) is 135 Å². The molecule has 5 aromatic rings. The van der Waals surface area contributed by atoms with Crippen LogP contribution in [0.25, 0.3) is 44.4 Å². The fourth-order valence-corrected chi connectivity index (χ4v) is 12.6. The number of alkyl carbamates (subject to hydrolysis) is 2. The number of nitrogens with one attached hydrogen (secondary N) is 4. The van der Waals surface area contributed by atoms with Crippen molar-refractivity contribution < 1.29 is 28.7 Å². The Bertz CT molecular complexity index is 2930. The monoisotopic (exact) mass is 951 g/mol. The number of amides is 4. The molecule has 4 unspecified atom stereocenters. The van der Waals surface area contributed by atoms with Crippen LogP contribution in [0.4, 0.5) is 9.59 Å². The number of rotatable bonds is 11. The van der Waals surface area contributed by atoms with Crippen LogP contribution in [0, 0.1) is 17.3 Å². The highest BCUT2D eigenvalue weighted by atomic mass is 16.5. The van der Waals surface area contributed by atoms with Crippen molar-refractivity contribution in [2.24, 2.45) is 17.3 Å². The van der Waals surface area contributed by atoms with Gasteiger partial charge in [-0.15, -0.1) is 0 Å². The second-order valence-electron chi connectivity index (χ2n) is 21.1. The van der Waals surface area contributed by atoms with Crippen LogP contribution in [0.15, 0.2) is 53.5 Å². The molecule has 3 aromatic carbocycles. The summed E-state index contributed by atoms with van der Waals surface area (Å²) in [6.07, 6.45) is 13.7. The molecule has 2 saturated heterocycles. The van der Waals surface area contributed by atoms with Gasteiger partial charge in [-0.1, -0.05) is 70.9 Å². The Morgan fingerprint density at radius 3 is 1.81 bits per heavy atom. The third kappa shape index (κ3) is 8.52. The molecule has 10 rings (SSSR count). The molecule has 0 bridgehead atoms. The molecule has 70 heavy (non-hydrogen) atoms. The lowest BCUT2D eigenvalue weighted by Gasteiger charge is -2.30. The molecule has 5 aliphatic rings. The first-order valence-corrected chi connectivity index (χ1v) is 25.5. The minimum absolute atomic E-state index is 0.113. The van der Waals surface area contributed by atoms with Crippen molar-refractivity contribution in [3.63, 3.8) is 0 Å². The summed E-state index contributed by atoms with van der Waals surface area (Å²) in [6.45, 7) is 8.71. The maximum absolute atomic E-state index is 14.0. The zero-order valence-corrected chi connectivity index (χ0v) is 41.3. The van der Waals surface area contributed by atoms with Gasteiger partial charge < -0.3 is 39.9 Å². The fourth-order valence-electron chi connectivity index (χ4n) is 12.6. The Balaban J connectivity index is 0.951. The fraction of sp³-hybridized carbons (Fsp3) is 0.509. The van der Waals surface area contributed by atoms with E-state index in [-0.39, 0.29) is 40.7 Å². The van der Waals surface area contributed by atoms with E-state index in [1.54, 1.807) is 4.90 Å². The first kappa shape index (κ1) is 47.2. The molecule has 15 nitrogen and oxygen atoms in total. The summed E-state index contributed by atoms with van der Waals surface area (Å²) in [6, 6.07) is 13.1. The summed E-state index contributed by atoms with van der Waals surface area (Å²) < 4.78 is 9.64. The van der Waals surface area contributed by atoms with E-state index < -0.39 is 30.3 Å². The van der Waals surface area contributed by atoms with Gasteiger partial charge in [0.2, 0.25) is 11.8 Å². The van der Waals surface area contributed by atoms with Crippen molar-refractivity contribution in [3.8, 4) is 33.5 Å². The number of methoxy groups -OCH3 is 2. The lowest BCUT2D eigenvalue weighted by atomic mass is 9.82. The van der Waals surface area contributed by atoms with Crippen molar-refractivity contribution in [1.29, 1.82) is 0 Å². The van der Waals surface area contributed by atoms with Gasteiger partial charge in [-0.2, -0.15) is 0 Å². The van der Waals surface area contributed by atoms with E-state index in [9.17, 15) is 24.0 Å². The molecule has 4 atom stereocenters. The van der Waals surface area contributed by atoms with Gasteiger partial charge in [0.05, 0.1) is 49.1 Å². The van der Waals surface area contributed by atoms with Crippen LogP contribution in [0.2, 0.25) is 0 Å². The van der Waals surface area contributed by atoms with Crippen molar-refractivity contribution >= 4 is 34.9 Å². The quantitative estimate of drug-likeness (QED) is 0.100. The maximum atomic E-state index is 14.0. The Labute approximate surface area is 408 Å². The minimum Gasteiger partial charge on any atom is -0.453 e. The summed E-state index contributed by atoms with van der Waals surface area (Å²) in [5.74, 6) is 0.588. The van der Waals surface area contributed by atoms with E-state index in [2.05, 4.69) is 50.9 Å². The van der Waals surface area contributed by atoms with E-state index in [0.717, 1.165) is 79.6 Å². The first-order chi connectivity index (χ1) is 33.8. The van der Waals surface area contributed by atoms with Crippen LogP contribution in [0.5, 0.6) is 0 Å². The predicted octanol–water partition coefficient (Wildman–Crippen LogP) is 8.88. The number of H-pyrrole nitrogens is 2. The van der Waals surface area contributed by atoms with Crippen LogP contribution in [0.1, 0.15) is 131 Å². The number of benzene rings is 3. The molecular weight excluding hydrogens is 885 g/mol. The normalized spacial score (nSPS) is 20.1. The van der Waals surface area contributed by atoms with Gasteiger partial charge in [-0.05, 0) is 145 Å². The highest BCUT2D eigenvalue weighted by molar-refractivity contribution is 5.89. The van der Waals surface area contributed by atoms with Crippen LogP contribution >= 0.6 is 0 Å². The first-order valence-electron chi connectivity index (χ1n) is 25.5. The van der Waals surface area contributed by atoms with Gasteiger partial charge >= 0.3 is 12.2 Å². The number of hydrogen-bond acceptors (Lipinski definition) is 9. The Morgan fingerprint density at radius 2 is 1.21 bits per heavy atom. The molecule has 2 aromatic heterocycles. The number of carbonyl (C=O) groups is 4. The van der Waals surface area contributed by atoms with Crippen LogP contribution < -0.4 is 16.2 Å². The third-order valence-corrected chi connectivity index (χ3v) is 16.2. The van der Waals surface area contributed by atoms with Gasteiger partial charge in [0, 0.05) is 18.7 Å². The molecule has 1 spiro atoms. The van der Waals surface area contributed by atoms with Crippen molar-refractivity contribution in [1.82, 2.24) is 40.4 Å². The largest absolute Gasteiger partial charge is 0.453 e. The van der Waals surface area contributed by atoms with Crippen molar-refractivity contribution in [2.75, 3.05) is 27.3 Å². The van der Waals surface area contributed by atoms with Gasteiger partial charge in [-0.25, -0.2) is 19.6 Å². The molecule has 4 N–H and O–H groups in total. The predicted molar refractivity (Wildman–Crippen MR) is 267 cm³/mol. The zero-order valence-electron chi connectivity index (χ0n) is 41.3. The molecule has 2 aliphatic heterocycles. The molecule has 3 aliphatic carbocycles. The van der Waals surface area contributed by atoms with E-state index in [4.69, 9.17) is 19.4 Å². The molecule has 0 radical (unpaired) electrons. The second-order valence-corrected chi connectivity index (χ2v) is 21.1. The van der Waals surface area contributed by atoms with E-state index >= 15 is 0 Å². The number of hydrogen-bond donors (Lipinski definition) is 4. The lowest BCUT2D eigenvalue weighted by Crippen LogP contribution is -2.51. The number of fused-ring (bicyclic) bond motifs is 3. The number of nitrogens with zero attached hydrogens (tertiary/aromatic N) is 4. The third-order valence-electron chi connectivity index (χ3n) is 16.2. The molecule has 4 amide bonds. The van der Waals surface area contributed by atoms with Gasteiger partial charge in [0.25, 0.3) is 5.56 Å². The van der Waals surface area contributed by atoms with Gasteiger partial charge in [0.15, 0.2) is 0 Å². The molecule has 1 saturated carbocycles. The highest BCUT2D eigenvalue weighted by Gasteiger charge is 2.43. The standard InChI is InChI=1S/C55H66N8O7/c1-30(2)46(59-53(67)69-5)51(65)62-24-10-14-44(62)48-56-29-43(58-48)38-20-19-36(34-12-9-13-35(34)38)37-18-17-33(40-27-55(28-41(37)40)22-7-8-23-55)32-16-21-42-39(26-32)50(64)61-49(57-42)45-15-11-25-63(45)52(66)47(31(3)4)60-54(68)70-6/h16-21,26,29-31,44-47H,7-15,22-25,27-28H2,1-6H3,(H,56,58)(H,59,67)(H,60,68)(H,57,61,64).